The van der Waals surface area contributed by atoms with Gasteiger partial charge in [0, 0.05) is 0 Å². The zero-order valence-corrected chi connectivity index (χ0v) is 9.71. The number of carboxylic acids is 1. The molecule has 1 aliphatic rings. The smallest absolute Gasteiger partial charge is 0.306 e. The molecule has 0 radical (unpaired) electrons. The quantitative estimate of drug-likeness (QED) is 0.740. The molecule has 0 aliphatic heterocycles. The van der Waals surface area contributed by atoms with E-state index in [1.807, 2.05) is 6.92 Å². The Morgan fingerprint density at radius 1 is 1.43 bits per heavy atom. The lowest BCUT2D eigenvalue weighted by atomic mass is 9.65. The number of carbonyl (C=O) groups is 1. The van der Waals surface area contributed by atoms with E-state index in [2.05, 4.69) is 20.8 Å². The van der Waals surface area contributed by atoms with E-state index in [9.17, 15) is 4.79 Å². The normalized spacial score (nSPS) is 33.7. The monoisotopic (exact) mass is 198 g/mol. The minimum Gasteiger partial charge on any atom is -0.481 e. The molecule has 2 nitrogen and oxygen atoms in total. The Bertz CT molecular complexity index is 220. The van der Waals surface area contributed by atoms with Gasteiger partial charge in [0.15, 0.2) is 0 Å². The van der Waals surface area contributed by atoms with Gasteiger partial charge in [-0.25, -0.2) is 0 Å². The fraction of sp³-hybridized carbons (Fsp3) is 0.917. The Morgan fingerprint density at radius 2 is 2.00 bits per heavy atom. The Balaban J connectivity index is 2.66. The first-order chi connectivity index (χ1) is 6.32. The first kappa shape index (κ1) is 11.5. The summed E-state index contributed by atoms with van der Waals surface area (Å²) in [5, 5.41) is 8.99. The molecule has 0 aromatic rings. The maximum atomic E-state index is 10.9. The maximum Gasteiger partial charge on any atom is 0.306 e. The van der Waals surface area contributed by atoms with Gasteiger partial charge in [0.05, 0.1) is 5.92 Å². The summed E-state index contributed by atoms with van der Waals surface area (Å²) < 4.78 is 0. The molecule has 1 aliphatic carbocycles. The van der Waals surface area contributed by atoms with E-state index in [0.717, 1.165) is 12.8 Å². The van der Waals surface area contributed by atoms with Crippen molar-refractivity contribution in [1.82, 2.24) is 0 Å². The molecule has 2 heteroatoms. The van der Waals surface area contributed by atoms with Crippen LogP contribution in [0, 0.1) is 23.2 Å². The molecule has 0 aromatic carbocycles. The average Bonchev–Trinajstić information content (AvgIpc) is 1.98. The van der Waals surface area contributed by atoms with Crippen molar-refractivity contribution >= 4 is 5.97 Å². The SMILES string of the molecule is CC(C(=O)O)[C@H]1C[C@@H](C)CC(C)(C)C1. The minimum atomic E-state index is -0.639. The molecule has 1 N–H and O–H groups in total. The molecule has 0 aromatic heterocycles. The van der Waals surface area contributed by atoms with Gasteiger partial charge in [-0.3, -0.25) is 4.79 Å². The second-order valence-electron chi connectivity index (χ2n) is 5.80. The highest BCUT2D eigenvalue weighted by molar-refractivity contribution is 5.69. The summed E-state index contributed by atoms with van der Waals surface area (Å²) in [5.74, 6) is 0.216. The summed E-state index contributed by atoms with van der Waals surface area (Å²) >= 11 is 0. The van der Waals surface area contributed by atoms with Gasteiger partial charge in [-0.2, -0.15) is 0 Å². The van der Waals surface area contributed by atoms with E-state index < -0.39 is 5.97 Å². The average molecular weight is 198 g/mol. The number of hydrogen-bond donors (Lipinski definition) is 1. The van der Waals surface area contributed by atoms with Crippen molar-refractivity contribution in [2.45, 2.75) is 47.0 Å². The van der Waals surface area contributed by atoms with Crippen LogP contribution in [-0.2, 0) is 4.79 Å². The summed E-state index contributed by atoms with van der Waals surface area (Å²) in [4.78, 5) is 10.9. The molecule has 0 amide bonds. The molecule has 0 bridgehead atoms. The largest absolute Gasteiger partial charge is 0.481 e. The Labute approximate surface area is 86.7 Å². The lowest BCUT2D eigenvalue weighted by Gasteiger charge is -2.40. The number of hydrogen-bond acceptors (Lipinski definition) is 1. The van der Waals surface area contributed by atoms with Crippen LogP contribution < -0.4 is 0 Å². The molecule has 0 spiro atoms. The van der Waals surface area contributed by atoms with Gasteiger partial charge in [0.25, 0.3) is 0 Å². The second kappa shape index (κ2) is 3.92. The third-order valence-corrected chi connectivity index (χ3v) is 3.52. The lowest BCUT2D eigenvalue weighted by Crippen LogP contribution is -2.33. The second-order valence-corrected chi connectivity index (χ2v) is 5.80. The molecule has 0 heterocycles. The zero-order chi connectivity index (χ0) is 10.9. The topological polar surface area (TPSA) is 37.3 Å². The third-order valence-electron chi connectivity index (χ3n) is 3.52. The highest BCUT2D eigenvalue weighted by Gasteiger charge is 2.36. The number of carboxylic acid groups (broad SMARTS) is 1. The summed E-state index contributed by atoms with van der Waals surface area (Å²) in [5.41, 5.74) is 0.325. The van der Waals surface area contributed by atoms with Gasteiger partial charge in [-0.1, -0.05) is 27.7 Å². The van der Waals surface area contributed by atoms with E-state index in [4.69, 9.17) is 5.11 Å². The summed E-state index contributed by atoms with van der Waals surface area (Å²) in [6, 6.07) is 0. The van der Waals surface area contributed by atoms with Crippen LogP contribution >= 0.6 is 0 Å². The van der Waals surface area contributed by atoms with E-state index in [1.165, 1.54) is 6.42 Å². The Morgan fingerprint density at radius 3 is 2.43 bits per heavy atom. The van der Waals surface area contributed by atoms with Gasteiger partial charge in [-0.05, 0) is 36.5 Å². The fourth-order valence-corrected chi connectivity index (χ4v) is 3.00. The van der Waals surface area contributed by atoms with Gasteiger partial charge < -0.3 is 5.11 Å². The van der Waals surface area contributed by atoms with Crippen molar-refractivity contribution in [2.75, 3.05) is 0 Å². The van der Waals surface area contributed by atoms with Gasteiger partial charge in [0.2, 0.25) is 0 Å². The molecule has 14 heavy (non-hydrogen) atoms. The minimum absolute atomic E-state index is 0.183. The van der Waals surface area contributed by atoms with Crippen LogP contribution in [0.15, 0.2) is 0 Å². The van der Waals surface area contributed by atoms with Crippen molar-refractivity contribution in [3.63, 3.8) is 0 Å². The molecule has 3 atom stereocenters. The van der Waals surface area contributed by atoms with Crippen LogP contribution in [-0.4, -0.2) is 11.1 Å². The fourth-order valence-electron chi connectivity index (χ4n) is 3.00. The van der Waals surface area contributed by atoms with Crippen LogP contribution in [0.25, 0.3) is 0 Å². The number of aliphatic carboxylic acids is 1. The summed E-state index contributed by atoms with van der Waals surface area (Å²) in [6.07, 6.45) is 3.37. The van der Waals surface area contributed by atoms with Crippen molar-refractivity contribution in [3.8, 4) is 0 Å². The molecule has 1 rings (SSSR count). The number of rotatable bonds is 2. The van der Waals surface area contributed by atoms with Crippen LogP contribution in [0.2, 0.25) is 0 Å². The van der Waals surface area contributed by atoms with E-state index in [-0.39, 0.29) is 5.92 Å². The van der Waals surface area contributed by atoms with Gasteiger partial charge in [0.1, 0.15) is 0 Å². The molecule has 1 fully saturated rings. The van der Waals surface area contributed by atoms with E-state index in [1.54, 1.807) is 0 Å². The lowest BCUT2D eigenvalue weighted by molar-refractivity contribution is -0.144. The van der Waals surface area contributed by atoms with E-state index in [0.29, 0.717) is 17.3 Å². The predicted molar refractivity (Wildman–Crippen MR) is 57.1 cm³/mol. The first-order valence-electron chi connectivity index (χ1n) is 5.54. The van der Waals surface area contributed by atoms with Crippen LogP contribution in [0.3, 0.4) is 0 Å². The molecule has 0 saturated heterocycles. The molecule has 82 valence electrons. The maximum absolute atomic E-state index is 10.9. The van der Waals surface area contributed by atoms with Crippen molar-refractivity contribution in [2.24, 2.45) is 23.2 Å². The summed E-state index contributed by atoms with van der Waals surface area (Å²) in [6.45, 7) is 8.60. The van der Waals surface area contributed by atoms with Crippen LogP contribution in [0.1, 0.15) is 47.0 Å². The van der Waals surface area contributed by atoms with Crippen molar-refractivity contribution in [1.29, 1.82) is 0 Å². The van der Waals surface area contributed by atoms with Crippen molar-refractivity contribution < 1.29 is 9.90 Å². The molecule has 1 saturated carbocycles. The summed E-state index contributed by atoms with van der Waals surface area (Å²) in [7, 11) is 0. The Kier molecular flexibility index (Phi) is 3.23. The highest BCUT2D eigenvalue weighted by Crippen LogP contribution is 2.44. The molecular weight excluding hydrogens is 176 g/mol. The highest BCUT2D eigenvalue weighted by atomic mass is 16.4. The molecular formula is C12H22O2. The van der Waals surface area contributed by atoms with Crippen molar-refractivity contribution in [3.05, 3.63) is 0 Å². The first-order valence-corrected chi connectivity index (χ1v) is 5.54. The standard InChI is InChI=1S/C12H22O2/c1-8-5-10(9(2)11(13)14)7-12(3,4)6-8/h8-10H,5-7H2,1-4H3,(H,13,14)/t8-,9?,10+/m1/s1. The predicted octanol–water partition coefficient (Wildman–Crippen LogP) is 3.17. The van der Waals surface area contributed by atoms with E-state index >= 15 is 0 Å². The third kappa shape index (κ3) is 2.73. The Hall–Kier alpha value is -0.530. The molecule has 1 unspecified atom stereocenters. The van der Waals surface area contributed by atoms with Crippen LogP contribution in [0.4, 0.5) is 0 Å². The van der Waals surface area contributed by atoms with Gasteiger partial charge in [-0.15, -0.1) is 0 Å². The zero-order valence-electron chi connectivity index (χ0n) is 9.71. The van der Waals surface area contributed by atoms with Gasteiger partial charge >= 0.3 is 5.97 Å². The van der Waals surface area contributed by atoms with Crippen LogP contribution in [0.5, 0.6) is 0 Å².